The summed E-state index contributed by atoms with van der Waals surface area (Å²) in [5.41, 5.74) is 3.28. The predicted molar refractivity (Wildman–Crippen MR) is 90.4 cm³/mol. The van der Waals surface area contributed by atoms with Gasteiger partial charge >= 0.3 is 0 Å². The maximum absolute atomic E-state index is 14.0. The Labute approximate surface area is 139 Å². The molecule has 3 heterocycles. The molecule has 6 heteroatoms. The lowest BCUT2D eigenvalue weighted by molar-refractivity contribution is 0.625. The third-order valence-electron chi connectivity index (χ3n) is 4.00. The van der Waals surface area contributed by atoms with E-state index in [1.165, 1.54) is 6.07 Å². The van der Waals surface area contributed by atoms with Crippen molar-refractivity contribution in [2.24, 2.45) is 0 Å². The lowest BCUT2D eigenvalue weighted by atomic mass is 10.1. The number of hydrogen-bond acceptors (Lipinski definition) is 5. The highest BCUT2D eigenvalue weighted by atomic mass is 19.1. The van der Waals surface area contributed by atoms with Crippen LogP contribution in [-0.4, -0.2) is 21.5 Å². The second-order valence-corrected chi connectivity index (χ2v) is 5.59. The summed E-state index contributed by atoms with van der Waals surface area (Å²) < 4.78 is 14.0. The van der Waals surface area contributed by atoms with E-state index in [9.17, 15) is 4.39 Å². The molecule has 1 aliphatic heterocycles. The number of hydrogen-bond donors (Lipinski definition) is 2. The molecule has 0 unspecified atom stereocenters. The molecule has 0 aliphatic carbocycles. The summed E-state index contributed by atoms with van der Waals surface area (Å²) in [4.78, 5) is 13.4. The van der Waals surface area contributed by atoms with Gasteiger partial charge < -0.3 is 10.6 Å². The number of nitrogens with one attached hydrogen (secondary N) is 2. The fraction of sp³-hybridized carbons (Fsp3) is 0.167. The summed E-state index contributed by atoms with van der Waals surface area (Å²) in [6.07, 6.45) is 4.25. The van der Waals surface area contributed by atoms with E-state index < -0.39 is 0 Å². The van der Waals surface area contributed by atoms with E-state index in [0.717, 1.165) is 29.8 Å². The largest absolute Gasteiger partial charge is 0.337 e. The van der Waals surface area contributed by atoms with Crippen LogP contribution in [0.2, 0.25) is 0 Å². The van der Waals surface area contributed by atoms with Gasteiger partial charge in [0.2, 0.25) is 0 Å². The topological polar surface area (TPSA) is 62.7 Å². The summed E-state index contributed by atoms with van der Waals surface area (Å²) in [6, 6.07) is 10.3. The molecular formula is C18H16FN5. The van der Waals surface area contributed by atoms with Gasteiger partial charge in [-0.05, 0) is 24.3 Å². The van der Waals surface area contributed by atoms with Gasteiger partial charge in [0.25, 0.3) is 0 Å². The monoisotopic (exact) mass is 321 g/mol. The predicted octanol–water partition coefficient (Wildman–Crippen LogP) is 3.07. The zero-order valence-electron chi connectivity index (χ0n) is 13.0. The summed E-state index contributed by atoms with van der Waals surface area (Å²) in [7, 11) is 0. The number of rotatable bonds is 3. The maximum atomic E-state index is 14.0. The van der Waals surface area contributed by atoms with Gasteiger partial charge in [0.15, 0.2) is 5.82 Å². The van der Waals surface area contributed by atoms with Gasteiger partial charge in [-0.15, -0.1) is 0 Å². The minimum absolute atomic E-state index is 0.306. The van der Waals surface area contributed by atoms with Gasteiger partial charge in [-0.1, -0.05) is 12.1 Å². The highest BCUT2D eigenvalue weighted by Crippen LogP contribution is 2.27. The van der Waals surface area contributed by atoms with Crippen LogP contribution in [-0.2, 0) is 13.0 Å². The van der Waals surface area contributed by atoms with Gasteiger partial charge in [-0.2, -0.15) is 0 Å². The molecule has 2 aromatic heterocycles. The Morgan fingerprint density at radius 3 is 2.71 bits per heavy atom. The first-order valence-corrected chi connectivity index (χ1v) is 7.84. The normalized spacial score (nSPS) is 13.4. The number of aromatic nitrogens is 3. The molecule has 2 N–H and O–H groups in total. The molecule has 5 nitrogen and oxygen atoms in total. The van der Waals surface area contributed by atoms with Crippen molar-refractivity contribution in [1.29, 1.82) is 0 Å². The van der Waals surface area contributed by atoms with E-state index in [4.69, 9.17) is 4.98 Å². The van der Waals surface area contributed by atoms with Gasteiger partial charge in [-0.3, -0.25) is 4.98 Å². The van der Waals surface area contributed by atoms with Gasteiger partial charge in [0.05, 0.1) is 11.4 Å². The van der Waals surface area contributed by atoms with Crippen molar-refractivity contribution < 1.29 is 4.39 Å². The Bertz CT molecular complexity index is 867. The molecule has 0 amide bonds. The fourth-order valence-corrected chi connectivity index (χ4v) is 2.77. The minimum Gasteiger partial charge on any atom is -0.337 e. The van der Waals surface area contributed by atoms with Crippen LogP contribution in [0.5, 0.6) is 0 Å². The lowest BCUT2D eigenvalue weighted by Gasteiger charge is -2.21. The van der Waals surface area contributed by atoms with Crippen molar-refractivity contribution in [3.8, 4) is 11.4 Å². The molecule has 0 saturated heterocycles. The first-order valence-electron chi connectivity index (χ1n) is 7.84. The van der Waals surface area contributed by atoms with Crippen LogP contribution in [0.1, 0.15) is 11.3 Å². The summed E-state index contributed by atoms with van der Waals surface area (Å²) in [5.74, 6) is 0.958. The first kappa shape index (κ1) is 14.7. The molecule has 3 aromatic rings. The Morgan fingerprint density at radius 2 is 1.88 bits per heavy atom. The lowest BCUT2D eigenvalue weighted by Crippen LogP contribution is -2.26. The van der Waals surface area contributed by atoms with Crippen molar-refractivity contribution >= 4 is 11.5 Å². The van der Waals surface area contributed by atoms with Crippen LogP contribution in [0.15, 0.2) is 48.8 Å². The Kier molecular flexibility index (Phi) is 3.88. The molecule has 0 fully saturated rings. The molecule has 1 aromatic carbocycles. The zero-order valence-corrected chi connectivity index (χ0v) is 13.0. The van der Waals surface area contributed by atoms with Crippen molar-refractivity contribution in [1.82, 2.24) is 20.3 Å². The molecule has 0 radical (unpaired) electrons. The van der Waals surface area contributed by atoms with E-state index in [2.05, 4.69) is 20.6 Å². The molecule has 120 valence electrons. The number of pyridine rings is 1. The average molecular weight is 321 g/mol. The number of nitrogens with zero attached hydrogens (tertiary/aromatic N) is 3. The quantitative estimate of drug-likeness (QED) is 0.776. The SMILES string of the molecule is Fc1ccccc1Nc1nc(-c2ccncc2)nc2c1CNCC2. The second-order valence-electron chi connectivity index (χ2n) is 5.59. The van der Waals surface area contributed by atoms with E-state index >= 15 is 0 Å². The second kappa shape index (κ2) is 6.33. The fourth-order valence-electron chi connectivity index (χ4n) is 2.77. The maximum Gasteiger partial charge on any atom is 0.161 e. The van der Waals surface area contributed by atoms with E-state index in [0.29, 0.717) is 23.9 Å². The molecule has 0 bridgehead atoms. The molecule has 4 rings (SSSR count). The van der Waals surface area contributed by atoms with Crippen LogP contribution in [0, 0.1) is 5.82 Å². The zero-order chi connectivity index (χ0) is 16.4. The van der Waals surface area contributed by atoms with Crippen molar-refractivity contribution in [3.63, 3.8) is 0 Å². The van der Waals surface area contributed by atoms with Crippen LogP contribution in [0.3, 0.4) is 0 Å². The van der Waals surface area contributed by atoms with Gasteiger partial charge in [0, 0.05) is 43.0 Å². The minimum atomic E-state index is -0.306. The third kappa shape index (κ3) is 2.83. The number of para-hydroxylation sites is 1. The Balaban J connectivity index is 1.81. The van der Waals surface area contributed by atoms with Crippen molar-refractivity contribution in [2.75, 3.05) is 11.9 Å². The van der Waals surface area contributed by atoms with Crippen molar-refractivity contribution in [3.05, 3.63) is 65.9 Å². The van der Waals surface area contributed by atoms with Gasteiger partial charge in [-0.25, -0.2) is 14.4 Å². The Hall–Kier alpha value is -2.86. The van der Waals surface area contributed by atoms with E-state index in [1.807, 2.05) is 12.1 Å². The third-order valence-corrected chi connectivity index (χ3v) is 4.00. The molecular weight excluding hydrogens is 305 g/mol. The van der Waals surface area contributed by atoms with Crippen LogP contribution in [0.25, 0.3) is 11.4 Å². The smallest absolute Gasteiger partial charge is 0.161 e. The molecule has 1 aliphatic rings. The number of benzene rings is 1. The molecule has 0 spiro atoms. The first-order chi connectivity index (χ1) is 11.8. The molecule has 0 atom stereocenters. The Morgan fingerprint density at radius 1 is 1.04 bits per heavy atom. The molecule has 0 saturated carbocycles. The standard InChI is InChI=1S/C18H16FN5/c19-14-3-1-2-4-16(14)23-18-13-11-21-10-7-15(13)22-17(24-18)12-5-8-20-9-6-12/h1-6,8-9,21H,7,10-11H2,(H,22,23,24). The average Bonchev–Trinajstić information content (AvgIpc) is 2.64. The number of halogens is 1. The van der Waals surface area contributed by atoms with E-state index in [1.54, 1.807) is 30.6 Å². The highest BCUT2D eigenvalue weighted by Gasteiger charge is 2.19. The molecule has 24 heavy (non-hydrogen) atoms. The van der Waals surface area contributed by atoms with E-state index in [-0.39, 0.29) is 5.82 Å². The number of anilines is 2. The summed E-state index contributed by atoms with van der Waals surface area (Å²) in [6.45, 7) is 1.54. The summed E-state index contributed by atoms with van der Waals surface area (Å²) >= 11 is 0. The number of fused-ring (bicyclic) bond motifs is 1. The van der Waals surface area contributed by atoms with Crippen molar-refractivity contribution in [2.45, 2.75) is 13.0 Å². The van der Waals surface area contributed by atoms with Crippen LogP contribution >= 0.6 is 0 Å². The van der Waals surface area contributed by atoms with Gasteiger partial charge in [0.1, 0.15) is 11.6 Å². The van der Waals surface area contributed by atoms with Crippen LogP contribution < -0.4 is 10.6 Å². The summed E-state index contributed by atoms with van der Waals surface area (Å²) in [5, 5.41) is 6.45. The highest BCUT2D eigenvalue weighted by molar-refractivity contribution is 5.65. The van der Waals surface area contributed by atoms with Crippen LogP contribution in [0.4, 0.5) is 15.9 Å².